The predicted octanol–water partition coefficient (Wildman–Crippen LogP) is 3.73. The number of nitrogens with one attached hydrogen (secondary N) is 1. The van der Waals surface area contributed by atoms with Gasteiger partial charge in [0.15, 0.2) is 11.6 Å². The van der Waals surface area contributed by atoms with E-state index in [1.165, 1.54) is 6.07 Å². The Morgan fingerprint density at radius 3 is 2.67 bits per heavy atom. The summed E-state index contributed by atoms with van der Waals surface area (Å²) in [6.07, 6.45) is 0. The molecule has 0 bridgehead atoms. The average molecular weight is 331 g/mol. The maximum atomic E-state index is 13.5. The molecule has 0 aliphatic carbocycles. The molecule has 3 rings (SSSR count). The highest BCUT2D eigenvalue weighted by molar-refractivity contribution is 5.64. The Labute approximate surface area is 136 Å². The van der Waals surface area contributed by atoms with Crippen molar-refractivity contribution in [1.29, 1.82) is 0 Å². The first-order valence-corrected chi connectivity index (χ1v) is 7.30. The van der Waals surface area contributed by atoms with Gasteiger partial charge in [0.1, 0.15) is 22.8 Å². The molecule has 1 N–H and O–H groups in total. The van der Waals surface area contributed by atoms with E-state index in [9.17, 15) is 8.78 Å². The summed E-state index contributed by atoms with van der Waals surface area (Å²) in [5, 5.41) is 10.7. The fourth-order valence-electron chi connectivity index (χ4n) is 2.30. The lowest BCUT2D eigenvalue weighted by Gasteiger charge is -2.02. The summed E-state index contributed by atoms with van der Waals surface area (Å²) in [7, 11) is 0. The van der Waals surface area contributed by atoms with Gasteiger partial charge in [-0.05, 0) is 24.9 Å². The Morgan fingerprint density at radius 2 is 2.00 bits per heavy atom. The fourth-order valence-corrected chi connectivity index (χ4v) is 2.30. The molecule has 0 spiro atoms. The molecule has 124 valence electrons. The Kier molecular flexibility index (Phi) is 4.20. The second kappa shape index (κ2) is 6.31. The van der Waals surface area contributed by atoms with Crippen molar-refractivity contribution >= 4 is 6.72 Å². The minimum absolute atomic E-state index is 0.00721. The van der Waals surface area contributed by atoms with E-state index in [-0.39, 0.29) is 18.4 Å². The first-order valence-electron chi connectivity index (χ1n) is 7.30. The Morgan fingerprint density at radius 1 is 1.21 bits per heavy atom. The van der Waals surface area contributed by atoms with Gasteiger partial charge in [0, 0.05) is 11.5 Å². The summed E-state index contributed by atoms with van der Waals surface area (Å²) in [5.74, 6) is -1.11. The molecule has 0 saturated carbocycles. The van der Waals surface area contributed by atoms with E-state index in [4.69, 9.17) is 4.42 Å². The quantitative estimate of drug-likeness (QED) is 0.722. The first-order chi connectivity index (χ1) is 11.5. The molecule has 0 saturated heterocycles. The summed E-state index contributed by atoms with van der Waals surface area (Å²) >= 11 is 0. The van der Waals surface area contributed by atoms with Gasteiger partial charge in [0.25, 0.3) is 0 Å². The summed E-state index contributed by atoms with van der Waals surface area (Å²) in [5.41, 5.74) is 1.92. The van der Waals surface area contributed by atoms with E-state index in [1.54, 1.807) is 0 Å². The van der Waals surface area contributed by atoms with Crippen molar-refractivity contribution in [2.24, 2.45) is 4.99 Å². The zero-order chi connectivity index (χ0) is 17.3. The number of hydrogen-bond donors (Lipinski definition) is 1. The van der Waals surface area contributed by atoms with E-state index >= 15 is 0 Å². The summed E-state index contributed by atoms with van der Waals surface area (Å²) < 4.78 is 32.4. The number of rotatable bonds is 5. The summed E-state index contributed by atoms with van der Waals surface area (Å²) in [4.78, 5) is 8.22. The molecule has 24 heavy (non-hydrogen) atoms. The lowest BCUT2D eigenvalue weighted by molar-refractivity contribution is 0.491. The molecule has 6 nitrogen and oxygen atoms in total. The Balaban J connectivity index is 2.13. The van der Waals surface area contributed by atoms with E-state index in [0.717, 1.165) is 12.1 Å². The third kappa shape index (κ3) is 2.82. The molecule has 3 aromatic rings. The predicted molar refractivity (Wildman–Crippen MR) is 84.6 cm³/mol. The molecule has 0 unspecified atom stereocenters. The van der Waals surface area contributed by atoms with Gasteiger partial charge in [-0.15, -0.1) is 0 Å². The maximum absolute atomic E-state index is 13.5. The van der Waals surface area contributed by atoms with Crippen LogP contribution in [0.2, 0.25) is 0 Å². The monoisotopic (exact) mass is 331 g/mol. The van der Waals surface area contributed by atoms with Gasteiger partial charge in [-0.1, -0.05) is 13.8 Å². The third-order valence-corrected chi connectivity index (χ3v) is 3.45. The zero-order valence-electron chi connectivity index (χ0n) is 13.2. The van der Waals surface area contributed by atoms with Crippen LogP contribution in [0, 0.1) is 11.6 Å². The molecule has 0 aliphatic heterocycles. The molecule has 0 fully saturated rings. The molecule has 0 radical (unpaired) electrons. The normalized spacial score (nSPS) is 11.2. The molecule has 8 heteroatoms. The average Bonchev–Trinajstić information content (AvgIpc) is 3.16. The van der Waals surface area contributed by atoms with Crippen molar-refractivity contribution in [3.05, 3.63) is 41.3 Å². The van der Waals surface area contributed by atoms with E-state index in [2.05, 4.69) is 32.1 Å². The highest BCUT2D eigenvalue weighted by atomic mass is 19.2. The van der Waals surface area contributed by atoms with E-state index < -0.39 is 11.6 Å². The van der Waals surface area contributed by atoms with E-state index in [1.807, 2.05) is 13.8 Å². The molecular weight excluding hydrogens is 316 g/mol. The Bertz CT molecular complexity index is 884. The topological polar surface area (TPSA) is 80.0 Å². The molecule has 0 amide bonds. The standard InChI is InChI=1S/C16H15F2N5O/c1-8(2)15-14(13-12(7-19-3)21-23-22-13)20-16(24-15)9-4-5-10(17)11(18)6-9/h4-6,8H,3,7H2,1-2H3,(H,21,22,23). The van der Waals surface area contributed by atoms with Gasteiger partial charge in [-0.3, -0.25) is 4.99 Å². The molecule has 2 heterocycles. The molecule has 2 aromatic heterocycles. The maximum Gasteiger partial charge on any atom is 0.227 e. The van der Waals surface area contributed by atoms with Crippen LogP contribution in [0.25, 0.3) is 22.8 Å². The minimum Gasteiger partial charge on any atom is -0.440 e. The summed E-state index contributed by atoms with van der Waals surface area (Å²) in [6.45, 7) is 7.59. The second-order valence-corrected chi connectivity index (χ2v) is 5.52. The lowest BCUT2D eigenvalue weighted by atomic mass is 10.1. The number of H-pyrrole nitrogens is 1. The van der Waals surface area contributed by atoms with Crippen LogP contribution < -0.4 is 0 Å². The SMILES string of the molecule is C=NCc1n[nH]nc1-c1nc(-c2ccc(F)c(F)c2)oc1C(C)C. The van der Waals surface area contributed by atoms with E-state index in [0.29, 0.717) is 28.4 Å². The molecule has 0 atom stereocenters. The summed E-state index contributed by atoms with van der Waals surface area (Å²) in [6, 6.07) is 3.49. The Hall–Kier alpha value is -2.90. The van der Waals surface area contributed by atoms with Crippen LogP contribution in [-0.2, 0) is 6.54 Å². The molecule has 1 aromatic carbocycles. The van der Waals surface area contributed by atoms with Gasteiger partial charge in [-0.2, -0.15) is 15.4 Å². The molecule has 0 aliphatic rings. The van der Waals surface area contributed by atoms with Gasteiger partial charge in [-0.25, -0.2) is 13.8 Å². The number of benzene rings is 1. The minimum atomic E-state index is -0.962. The van der Waals surface area contributed by atoms with Gasteiger partial charge in [0.05, 0.1) is 6.54 Å². The van der Waals surface area contributed by atoms with Crippen molar-refractivity contribution in [1.82, 2.24) is 20.4 Å². The van der Waals surface area contributed by atoms with Crippen LogP contribution in [0.15, 0.2) is 27.6 Å². The fraction of sp³-hybridized carbons (Fsp3) is 0.250. The van der Waals surface area contributed by atoms with Gasteiger partial charge < -0.3 is 4.42 Å². The number of aromatic amines is 1. The smallest absolute Gasteiger partial charge is 0.227 e. The van der Waals surface area contributed by atoms with Crippen molar-refractivity contribution in [3.63, 3.8) is 0 Å². The second-order valence-electron chi connectivity index (χ2n) is 5.52. The zero-order valence-corrected chi connectivity index (χ0v) is 13.2. The number of aromatic nitrogens is 4. The van der Waals surface area contributed by atoms with Gasteiger partial charge in [0.2, 0.25) is 5.89 Å². The van der Waals surface area contributed by atoms with Crippen molar-refractivity contribution in [2.75, 3.05) is 0 Å². The highest BCUT2D eigenvalue weighted by Gasteiger charge is 2.23. The van der Waals surface area contributed by atoms with Crippen molar-refractivity contribution in [3.8, 4) is 22.8 Å². The number of nitrogens with zero attached hydrogens (tertiary/aromatic N) is 4. The molecular formula is C16H15F2N5O. The number of aliphatic imine (C=N–C) groups is 1. The van der Waals surface area contributed by atoms with Gasteiger partial charge >= 0.3 is 0 Å². The third-order valence-electron chi connectivity index (χ3n) is 3.45. The van der Waals surface area contributed by atoms with Crippen molar-refractivity contribution < 1.29 is 13.2 Å². The van der Waals surface area contributed by atoms with Crippen LogP contribution >= 0.6 is 0 Å². The highest BCUT2D eigenvalue weighted by Crippen LogP contribution is 2.34. The van der Waals surface area contributed by atoms with Crippen LogP contribution in [-0.4, -0.2) is 27.1 Å². The first kappa shape index (κ1) is 16.0. The van der Waals surface area contributed by atoms with Crippen LogP contribution in [0.4, 0.5) is 8.78 Å². The largest absolute Gasteiger partial charge is 0.440 e. The number of hydrogen-bond acceptors (Lipinski definition) is 5. The van der Waals surface area contributed by atoms with Crippen molar-refractivity contribution in [2.45, 2.75) is 26.3 Å². The van der Waals surface area contributed by atoms with Crippen LogP contribution in [0.1, 0.15) is 31.2 Å². The number of oxazole rings is 1. The number of halogens is 2. The lowest BCUT2D eigenvalue weighted by Crippen LogP contribution is -1.93. The van der Waals surface area contributed by atoms with Crippen LogP contribution in [0.3, 0.4) is 0 Å². The van der Waals surface area contributed by atoms with Crippen LogP contribution in [0.5, 0.6) is 0 Å².